The molecule has 1 aliphatic carbocycles. The number of nitrogens with one attached hydrogen (secondary N) is 1. The van der Waals surface area contributed by atoms with Crippen LogP contribution in [0.1, 0.15) is 45.6 Å². The van der Waals surface area contributed by atoms with Crippen LogP contribution in [0.4, 0.5) is 8.78 Å². The third-order valence-electron chi connectivity index (χ3n) is 8.64. The number of unbranched alkanes of at least 4 members (excludes halogenated alkanes) is 1. The molecular formula is C38H51F2N9O3. The largest absolute Gasteiger partial charge is 0.492 e. The van der Waals surface area contributed by atoms with Crippen molar-refractivity contribution in [3.05, 3.63) is 119 Å². The highest BCUT2D eigenvalue weighted by molar-refractivity contribution is 6.03. The monoisotopic (exact) mass is 719 g/mol. The summed E-state index contributed by atoms with van der Waals surface area (Å²) >= 11 is 0. The molecule has 1 fully saturated rings. The highest BCUT2D eigenvalue weighted by Crippen LogP contribution is 2.28. The second-order valence-corrected chi connectivity index (χ2v) is 12.9. The van der Waals surface area contributed by atoms with Gasteiger partial charge in [0.1, 0.15) is 42.3 Å². The average molecular weight is 720 g/mol. The molecule has 2 N–H and O–H groups in total. The molecule has 1 aromatic heterocycles. The third-order valence-corrected chi connectivity index (χ3v) is 8.64. The first-order valence-corrected chi connectivity index (χ1v) is 17.7. The van der Waals surface area contributed by atoms with Crippen LogP contribution in [0.2, 0.25) is 0 Å². The van der Waals surface area contributed by atoms with E-state index in [1.807, 2.05) is 49.5 Å². The van der Waals surface area contributed by atoms with Gasteiger partial charge in [-0.05, 0) is 68.2 Å². The van der Waals surface area contributed by atoms with Crippen molar-refractivity contribution in [3.8, 4) is 0 Å². The molecule has 0 radical (unpaired) electrons. The molecule has 14 heteroatoms. The van der Waals surface area contributed by atoms with Gasteiger partial charge in [0.2, 0.25) is 0 Å². The number of benzene rings is 1. The van der Waals surface area contributed by atoms with Crippen molar-refractivity contribution in [2.75, 3.05) is 59.5 Å². The number of aliphatic hydroxyl groups is 1. The van der Waals surface area contributed by atoms with E-state index in [4.69, 9.17) is 4.74 Å². The lowest BCUT2D eigenvalue weighted by Gasteiger charge is -2.36. The molecule has 2 aromatic rings. The van der Waals surface area contributed by atoms with E-state index in [1.54, 1.807) is 13.1 Å². The SMILES string of the molecule is CCCCNN1CCN(/C(C)=C/C=C(\C)C(=O)/C=C/C2=CC=C(OCC/N=N\N(C)CC(O)(Cn3cncn3)c3ccc(F)cc3F)C=CC2)CC1. The topological polar surface area (TPSA) is 124 Å². The maximum absolute atomic E-state index is 14.7. The zero-order valence-electron chi connectivity index (χ0n) is 30.6. The van der Waals surface area contributed by atoms with Crippen LogP contribution < -0.4 is 5.43 Å². The number of piperazine rings is 1. The molecule has 1 saturated heterocycles. The summed E-state index contributed by atoms with van der Waals surface area (Å²) < 4.78 is 35.5. The second-order valence-electron chi connectivity index (χ2n) is 12.9. The molecule has 1 atom stereocenters. The van der Waals surface area contributed by atoms with Crippen LogP contribution in [0.5, 0.6) is 0 Å². The first kappa shape index (κ1) is 40.0. The van der Waals surface area contributed by atoms with Crippen molar-refractivity contribution in [3.63, 3.8) is 0 Å². The summed E-state index contributed by atoms with van der Waals surface area (Å²) in [5.74, 6) is -1.03. The van der Waals surface area contributed by atoms with Crippen molar-refractivity contribution in [2.45, 2.75) is 52.2 Å². The number of carbonyl (C=O) groups is 1. The van der Waals surface area contributed by atoms with E-state index in [0.29, 0.717) is 17.8 Å². The summed E-state index contributed by atoms with van der Waals surface area (Å²) in [7, 11) is 1.59. The maximum atomic E-state index is 14.7. The van der Waals surface area contributed by atoms with Gasteiger partial charge in [0.25, 0.3) is 0 Å². The predicted molar refractivity (Wildman–Crippen MR) is 196 cm³/mol. The van der Waals surface area contributed by atoms with Gasteiger partial charge in [0.15, 0.2) is 5.78 Å². The summed E-state index contributed by atoms with van der Waals surface area (Å²) in [5.41, 5.74) is 4.38. The summed E-state index contributed by atoms with van der Waals surface area (Å²) in [6.07, 6.45) is 20.6. The fourth-order valence-corrected chi connectivity index (χ4v) is 5.66. The second kappa shape index (κ2) is 20.3. The normalized spacial score (nSPS) is 17.3. The van der Waals surface area contributed by atoms with Gasteiger partial charge in [0.05, 0.1) is 19.6 Å². The van der Waals surface area contributed by atoms with E-state index >= 15 is 0 Å². The highest BCUT2D eigenvalue weighted by Gasteiger charge is 2.35. The Balaban J connectivity index is 1.23. The Morgan fingerprint density at radius 2 is 1.98 bits per heavy atom. The number of likely N-dealkylation sites (N-methyl/N-ethyl adjacent to an activating group) is 1. The number of halogens is 2. The number of hydrazine groups is 1. The van der Waals surface area contributed by atoms with Gasteiger partial charge in [0, 0.05) is 57.1 Å². The van der Waals surface area contributed by atoms with Crippen molar-refractivity contribution in [1.82, 2.24) is 35.1 Å². The minimum absolute atomic E-state index is 0.0430. The summed E-state index contributed by atoms with van der Waals surface area (Å²) in [6.45, 7) is 11.1. The molecule has 0 spiro atoms. The maximum Gasteiger partial charge on any atom is 0.181 e. The Labute approximate surface area is 305 Å². The van der Waals surface area contributed by atoms with E-state index in [9.17, 15) is 18.7 Å². The molecule has 2 aliphatic rings. The molecule has 1 unspecified atom stereocenters. The minimum atomic E-state index is -1.80. The van der Waals surface area contributed by atoms with Crippen LogP contribution >= 0.6 is 0 Å². The number of aromatic nitrogens is 3. The Bertz CT molecular complexity index is 1680. The minimum Gasteiger partial charge on any atom is -0.492 e. The molecule has 4 rings (SSSR count). The lowest BCUT2D eigenvalue weighted by molar-refractivity contribution is -0.111. The Hall–Kier alpha value is -4.79. The van der Waals surface area contributed by atoms with Gasteiger partial charge >= 0.3 is 0 Å². The van der Waals surface area contributed by atoms with Crippen LogP contribution in [-0.4, -0.2) is 100 Å². The third kappa shape index (κ3) is 12.8. The molecule has 2 heterocycles. The van der Waals surface area contributed by atoms with Crippen LogP contribution in [0.15, 0.2) is 112 Å². The Morgan fingerprint density at radius 3 is 2.71 bits per heavy atom. The molecule has 280 valence electrons. The molecular weight excluding hydrogens is 668 g/mol. The van der Waals surface area contributed by atoms with Crippen LogP contribution in [0.25, 0.3) is 0 Å². The van der Waals surface area contributed by atoms with Gasteiger partial charge < -0.3 is 14.7 Å². The summed E-state index contributed by atoms with van der Waals surface area (Å²) in [5, 5.41) is 27.4. The number of nitrogens with zero attached hydrogens (tertiary/aromatic N) is 8. The lowest BCUT2D eigenvalue weighted by Crippen LogP contribution is -2.51. The van der Waals surface area contributed by atoms with Crippen LogP contribution in [0.3, 0.4) is 0 Å². The van der Waals surface area contributed by atoms with Gasteiger partial charge in [-0.15, -0.1) is 0 Å². The van der Waals surface area contributed by atoms with Crippen molar-refractivity contribution in [1.29, 1.82) is 0 Å². The molecule has 12 nitrogen and oxygen atoms in total. The van der Waals surface area contributed by atoms with Gasteiger partial charge in [-0.1, -0.05) is 48.9 Å². The van der Waals surface area contributed by atoms with Gasteiger partial charge in [-0.25, -0.2) is 23.5 Å². The number of ketones is 1. The van der Waals surface area contributed by atoms with E-state index in [0.717, 1.165) is 56.1 Å². The zero-order valence-corrected chi connectivity index (χ0v) is 30.6. The van der Waals surface area contributed by atoms with Gasteiger partial charge in [-0.3, -0.25) is 15.2 Å². The van der Waals surface area contributed by atoms with Crippen molar-refractivity contribution < 1.29 is 23.4 Å². The van der Waals surface area contributed by atoms with Crippen LogP contribution in [-0.2, 0) is 21.7 Å². The van der Waals surface area contributed by atoms with E-state index in [-0.39, 0.29) is 37.6 Å². The number of ether oxygens (including phenoxy) is 1. The smallest absolute Gasteiger partial charge is 0.181 e. The number of carbonyl (C=O) groups excluding carboxylic acids is 1. The quantitative estimate of drug-likeness (QED) is 0.0644. The number of hydrogen-bond acceptors (Lipinski definition) is 10. The van der Waals surface area contributed by atoms with E-state index < -0.39 is 17.2 Å². The van der Waals surface area contributed by atoms with Gasteiger partial charge in [-0.2, -0.15) is 10.2 Å². The lowest BCUT2D eigenvalue weighted by atomic mass is 9.92. The van der Waals surface area contributed by atoms with E-state index in [2.05, 4.69) is 49.6 Å². The first-order chi connectivity index (χ1) is 25.1. The molecule has 1 aromatic carbocycles. The van der Waals surface area contributed by atoms with E-state index in [1.165, 1.54) is 41.3 Å². The number of allylic oxidation sites excluding steroid dienone is 11. The standard InChI is InChI=1S/C38H51F2N9O3/c1-5-6-18-43-48-22-20-47(21-23-48)31(3)11-10-30(2)37(50)17-13-32-8-7-9-34(15-12-32)52-24-19-42-45-46(4)26-38(51,27-49-29-41-28-44-49)35-16-14-33(39)25-36(35)40/h7,9-17,25,28-29,43,51H,5-6,8,18-24,26-27H2,1-4H3/b17-13+,30-10+,31-11+,45-42-. The van der Waals surface area contributed by atoms with Crippen molar-refractivity contribution >= 4 is 5.78 Å². The Morgan fingerprint density at radius 1 is 1.17 bits per heavy atom. The molecule has 0 bridgehead atoms. The van der Waals surface area contributed by atoms with Crippen LogP contribution in [0, 0.1) is 11.6 Å². The molecule has 52 heavy (non-hydrogen) atoms. The molecule has 1 aliphatic heterocycles. The zero-order chi connectivity index (χ0) is 37.3. The highest BCUT2D eigenvalue weighted by atomic mass is 19.1. The summed E-state index contributed by atoms with van der Waals surface area (Å²) in [6, 6.07) is 3.02. The fourth-order valence-electron chi connectivity index (χ4n) is 5.66. The first-order valence-electron chi connectivity index (χ1n) is 17.7. The predicted octanol–water partition coefficient (Wildman–Crippen LogP) is 5.43. The molecule has 0 amide bonds. The fraction of sp³-hybridized carbons (Fsp3) is 0.447. The number of hydrogen-bond donors (Lipinski definition) is 2. The van der Waals surface area contributed by atoms with Crippen molar-refractivity contribution in [2.24, 2.45) is 10.3 Å². The number of rotatable bonds is 19. The Kier molecular flexibility index (Phi) is 15.6. The summed E-state index contributed by atoms with van der Waals surface area (Å²) in [4.78, 5) is 19.0. The average Bonchev–Trinajstić information content (AvgIpc) is 3.52. The molecule has 0 saturated carbocycles.